The summed E-state index contributed by atoms with van der Waals surface area (Å²) in [5, 5.41) is 22.1. The Balaban J connectivity index is 1.73. The molecular formula is C19H21NO6. The fourth-order valence-electron chi connectivity index (χ4n) is 5.75. The minimum absolute atomic E-state index is 0.00560. The van der Waals surface area contributed by atoms with Gasteiger partial charge in [-0.05, 0) is 37.8 Å². The molecule has 4 atom stereocenters. The number of carbonyl (C=O) groups excluding carboxylic acids is 2. The van der Waals surface area contributed by atoms with E-state index in [1.54, 1.807) is 17.9 Å². The molecule has 2 aliphatic heterocycles. The summed E-state index contributed by atoms with van der Waals surface area (Å²) in [4.78, 5) is 26.8. The van der Waals surface area contributed by atoms with Crippen LogP contribution in [0.4, 0.5) is 4.79 Å². The number of Topliss-reactive ketones (excluding diaryl/α,β-unsaturated/α-hetero) is 1. The highest BCUT2D eigenvalue weighted by Gasteiger charge is 2.73. The van der Waals surface area contributed by atoms with Crippen LogP contribution < -0.4 is 4.74 Å². The summed E-state index contributed by atoms with van der Waals surface area (Å²) in [6, 6.07) is 2.89. The second kappa shape index (κ2) is 4.91. The molecule has 2 aliphatic carbocycles. The average Bonchev–Trinajstić information content (AvgIpc) is 2.96. The predicted molar refractivity (Wildman–Crippen MR) is 89.2 cm³/mol. The first kappa shape index (κ1) is 15.9. The molecular weight excluding hydrogens is 338 g/mol. The highest BCUT2D eigenvalue weighted by molar-refractivity contribution is 5.90. The molecule has 1 saturated carbocycles. The molecule has 138 valence electrons. The molecule has 1 spiro atoms. The lowest BCUT2D eigenvalue weighted by molar-refractivity contribution is -0.183. The summed E-state index contributed by atoms with van der Waals surface area (Å²) in [6.07, 6.45) is 0.0786. The number of ketones is 1. The standard InChI is InChI=1S/C19H21NO6/c1-2-25-17(23)20-8-7-18-14-10-3-4-11(21)15(14)26-16(18)12(22)5-6-19(18,24)13(20)9-10/h3-4,13,16,21,24H,2,5-9H2,1H3/t13-,16-,18+,19?/m1/s1. The number of rotatable bonds is 1. The van der Waals surface area contributed by atoms with E-state index < -0.39 is 29.3 Å². The third-order valence-corrected chi connectivity index (χ3v) is 6.76. The van der Waals surface area contributed by atoms with Crippen molar-refractivity contribution in [1.29, 1.82) is 0 Å². The van der Waals surface area contributed by atoms with Gasteiger partial charge in [-0.25, -0.2) is 4.79 Å². The quantitative estimate of drug-likeness (QED) is 0.784. The molecule has 1 aromatic carbocycles. The van der Waals surface area contributed by atoms with Crippen LogP contribution in [0.1, 0.15) is 37.3 Å². The number of phenolic OH excluding ortho intramolecular Hbond substituents is 1. The molecule has 1 amide bonds. The Morgan fingerprint density at radius 3 is 3.00 bits per heavy atom. The Bertz CT molecular complexity index is 838. The molecule has 4 aliphatic rings. The van der Waals surface area contributed by atoms with Crippen LogP contribution in [0.15, 0.2) is 12.1 Å². The van der Waals surface area contributed by atoms with Crippen molar-refractivity contribution in [3.8, 4) is 11.5 Å². The van der Waals surface area contributed by atoms with Crippen molar-refractivity contribution >= 4 is 11.9 Å². The molecule has 2 bridgehead atoms. The lowest BCUT2D eigenvalue weighted by Crippen LogP contribution is -2.77. The maximum Gasteiger partial charge on any atom is 0.410 e. The number of nitrogens with zero attached hydrogens (tertiary/aromatic N) is 1. The molecule has 0 radical (unpaired) electrons. The molecule has 7 nitrogen and oxygen atoms in total. The van der Waals surface area contributed by atoms with Crippen molar-refractivity contribution in [1.82, 2.24) is 4.90 Å². The number of likely N-dealkylation sites (tertiary alicyclic amines) is 1. The lowest BCUT2D eigenvalue weighted by atomic mass is 9.49. The fraction of sp³-hybridized carbons (Fsp3) is 0.579. The molecule has 5 rings (SSSR count). The van der Waals surface area contributed by atoms with E-state index in [9.17, 15) is 19.8 Å². The Kier molecular flexibility index (Phi) is 3.01. The van der Waals surface area contributed by atoms with Gasteiger partial charge in [0, 0.05) is 18.5 Å². The molecule has 1 saturated heterocycles. The van der Waals surface area contributed by atoms with Gasteiger partial charge >= 0.3 is 6.09 Å². The van der Waals surface area contributed by atoms with Gasteiger partial charge in [0.25, 0.3) is 0 Å². The van der Waals surface area contributed by atoms with Gasteiger partial charge in [-0.3, -0.25) is 4.79 Å². The van der Waals surface area contributed by atoms with Crippen LogP contribution in [0, 0.1) is 0 Å². The zero-order valence-corrected chi connectivity index (χ0v) is 14.5. The van der Waals surface area contributed by atoms with Crippen molar-refractivity contribution in [2.24, 2.45) is 0 Å². The van der Waals surface area contributed by atoms with Crippen molar-refractivity contribution in [3.63, 3.8) is 0 Å². The molecule has 2 heterocycles. The van der Waals surface area contributed by atoms with E-state index >= 15 is 0 Å². The predicted octanol–water partition coefficient (Wildman–Crippen LogP) is 1.27. The molecule has 1 aromatic rings. The largest absolute Gasteiger partial charge is 0.504 e. The number of aliphatic hydroxyl groups is 1. The number of hydrogen-bond donors (Lipinski definition) is 2. The average molecular weight is 359 g/mol. The number of ether oxygens (including phenoxy) is 2. The van der Waals surface area contributed by atoms with Crippen LogP contribution in [0.25, 0.3) is 0 Å². The van der Waals surface area contributed by atoms with Crippen LogP contribution in [-0.2, 0) is 21.4 Å². The second-order valence-electron chi connectivity index (χ2n) is 7.67. The molecule has 2 fully saturated rings. The summed E-state index contributed by atoms with van der Waals surface area (Å²) < 4.78 is 11.1. The minimum atomic E-state index is -1.28. The van der Waals surface area contributed by atoms with E-state index in [4.69, 9.17) is 9.47 Å². The zero-order valence-electron chi connectivity index (χ0n) is 14.5. The number of aromatic hydroxyl groups is 1. The van der Waals surface area contributed by atoms with Crippen molar-refractivity contribution in [2.45, 2.75) is 55.8 Å². The van der Waals surface area contributed by atoms with E-state index in [0.717, 1.165) is 11.1 Å². The minimum Gasteiger partial charge on any atom is -0.504 e. The third-order valence-electron chi connectivity index (χ3n) is 6.76. The number of benzene rings is 1. The van der Waals surface area contributed by atoms with Gasteiger partial charge in [-0.15, -0.1) is 0 Å². The summed E-state index contributed by atoms with van der Waals surface area (Å²) in [5.41, 5.74) is -0.503. The van der Waals surface area contributed by atoms with Gasteiger partial charge < -0.3 is 24.6 Å². The second-order valence-corrected chi connectivity index (χ2v) is 7.67. The van der Waals surface area contributed by atoms with Crippen LogP contribution >= 0.6 is 0 Å². The van der Waals surface area contributed by atoms with E-state index in [1.807, 2.05) is 6.07 Å². The van der Waals surface area contributed by atoms with Gasteiger partial charge in [-0.1, -0.05) is 6.07 Å². The summed E-state index contributed by atoms with van der Waals surface area (Å²) >= 11 is 0. The first-order chi connectivity index (χ1) is 12.4. The van der Waals surface area contributed by atoms with E-state index in [0.29, 0.717) is 25.1 Å². The van der Waals surface area contributed by atoms with Crippen LogP contribution in [0.5, 0.6) is 11.5 Å². The topological polar surface area (TPSA) is 96.3 Å². The van der Waals surface area contributed by atoms with Crippen molar-refractivity contribution in [2.75, 3.05) is 13.2 Å². The monoisotopic (exact) mass is 359 g/mol. The van der Waals surface area contributed by atoms with Gasteiger partial charge in [0.2, 0.25) is 0 Å². The number of amides is 1. The highest BCUT2D eigenvalue weighted by atomic mass is 16.6. The maximum absolute atomic E-state index is 12.7. The zero-order chi connectivity index (χ0) is 18.3. The lowest BCUT2D eigenvalue weighted by Gasteiger charge is -2.61. The Morgan fingerprint density at radius 1 is 1.42 bits per heavy atom. The van der Waals surface area contributed by atoms with Crippen LogP contribution in [-0.4, -0.2) is 57.9 Å². The summed E-state index contributed by atoms with van der Waals surface area (Å²) in [6.45, 7) is 2.40. The van der Waals surface area contributed by atoms with Gasteiger partial charge in [0.05, 0.1) is 23.7 Å². The van der Waals surface area contributed by atoms with Gasteiger partial charge in [0.1, 0.15) is 0 Å². The number of piperidine rings is 1. The van der Waals surface area contributed by atoms with Crippen molar-refractivity contribution in [3.05, 3.63) is 23.3 Å². The summed E-state index contributed by atoms with van der Waals surface area (Å²) in [5.74, 6) is 0.264. The summed E-state index contributed by atoms with van der Waals surface area (Å²) in [7, 11) is 0. The Hall–Kier alpha value is -2.28. The first-order valence-corrected chi connectivity index (χ1v) is 9.14. The maximum atomic E-state index is 12.7. The normalized spacial score (nSPS) is 36.4. The smallest absolute Gasteiger partial charge is 0.410 e. The van der Waals surface area contributed by atoms with E-state index in [-0.39, 0.29) is 31.0 Å². The molecule has 7 heteroatoms. The molecule has 26 heavy (non-hydrogen) atoms. The third kappa shape index (κ3) is 1.58. The molecule has 2 N–H and O–H groups in total. The van der Waals surface area contributed by atoms with E-state index in [1.165, 1.54) is 0 Å². The Labute approximate surface area is 150 Å². The Morgan fingerprint density at radius 2 is 2.23 bits per heavy atom. The highest BCUT2D eigenvalue weighted by Crippen LogP contribution is 2.64. The van der Waals surface area contributed by atoms with Gasteiger partial charge in [-0.2, -0.15) is 0 Å². The first-order valence-electron chi connectivity index (χ1n) is 9.14. The van der Waals surface area contributed by atoms with Crippen LogP contribution in [0.2, 0.25) is 0 Å². The molecule has 1 unspecified atom stereocenters. The number of hydrogen-bond acceptors (Lipinski definition) is 6. The SMILES string of the molecule is CCOC(=O)N1CC[C@]23c4c5ccc(O)c4O[C@@H]2C(=O)CCC3(O)[C@H]1C5. The number of phenols is 1. The molecule has 0 aromatic heterocycles. The number of carbonyl (C=O) groups is 2. The van der Waals surface area contributed by atoms with Crippen LogP contribution in [0.3, 0.4) is 0 Å². The van der Waals surface area contributed by atoms with Gasteiger partial charge in [0.15, 0.2) is 23.4 Å². The fourth-order valence-corrected chi connectivity index (χ4v) is 5.75. The van der Waals surface area contributed by atoms with E-state index in [2.05, 4.69) is 0 Å². The van der Waals surface area contributed by atoms with Crippen molar-refractivity contribution < 1.29 is 29.3 Å².